The molecule has 1 aliphatic rings. The summed E-state index contributed by atoms with van der Waals surface area (Å²) >= 11 is 0. The van der Waals surface area contributed by atoms with Gasteiger partial charge in [-0.3, -0.25) is 4.90 Å². The predicted molar refractivity (Wildman–Crippen MR) is 48.3 cm³/mol. The van der Waals surface area contributed by atoms with Crippen LogP contribution in [-0.4, -0.2) is 24.7 Å². The topological polar surface area (TPSA) is 29.3 Å². The van der Waals surface area contributed by atoms with E-state index < -0.39 is 0 Å². The molecule has 2 nitrogen and oxygen atoms in total. The highest BCUT2D eigenvalue weighted by Crippen LogP contribution is 2.25. The van der Waals surface area contributed by atoms with Gasteiger partial charge in [-0.25, -0.2) is 0 Å². The van der Waals surface area contributed by atoms with Crippen LogP contribution in [0.2, 0.25) is 0 Å². The van der Waals surface area contributed by atoms with Crippen LogP contribution in [0.25, 0.3) is 0 Å². The molecule has 0 unspecified atom stereocenters. The maximum Gasteiger partial charge on any atom is 0.0455 e. The zero-order valence-corrected chi connectivity index (χ0v) is 7.55. The second-order valence-corrected chi connectivity index (χ2v) is 3.50. The van der Waals surface area contributed by atoms with Crippen molar-refractivity contribution in [2.75, 3.05) is 19.8 Å². The summed E-state index contributed by atoms with van der Waals surface area (Å²) < 4.78 is 0. The largest absolute Gasteiger partial charge is 0.318 e. The SMILES string of the molecule is CCN(CN)CC1CCCC1. The Bertz CT molecular complexity index is 93.7. The summed E-state index contributed by atoms with van der Waals surface area (Å²) in [6.45, 7) is 5.24. The van der Waals surface area contributed by atoms with E-state index in [2.05, 4.69) is 11.8 Å². The molecule has 2 N–H and O–H groups in total. The van der Waals surface area contributed by atoms with Crippen molar-refractivity contribution in [1.82, 2.24) is 4.90 Å². The molecule has 0 aromatic carbocycles. The molecule has 0 heterocycles. The molecule has 0 saturated heterocycles. The van der Waals surface area contributed by atoms with Crippen LogP contribution in [0.3, 0.4) is 0 Å². The van der Waals surface area contributed by atoms with Crippen LogP contribution in [0.1, 0.15) is 32.6 Å². The molecule has 1 rings (SSSR count). The fraction of sp³-hybridized carbons (Fsp3) is 1.00. The van der Waals surface area contributed by atoms with Gasteiger partial charge < -0.3 is 5.73 Å². The Hall–Kier alpha value is -0.0800. The van der Waals surface area contributed by atoms with Gasteiger partial charge in [0, 0.05) is 13.2 Å². The van der Waals surface area contributed by atoms with Gasteiger partial charge in [-0.1, -0.05) is 19.8 Å². The maximum atomic E-state index is 5.59. The lowest BCUT2D eigenvalue weighted by atomic mass is 10.1. The molecule has 0 aromatic rings. The van der Waals surface area contributed by atoms with Crippen molar-refractivity contribution in [2.45, 2.75) is 32.6 Å². The van der Waals surface area contributed by atoms with Crippen molar-refractivity contribution < 1.29 is 0 Å². The quantitative estimate of drug-likeness (QED) is 0.624. The average molecular weight is 156 g/mol. The third kappa shape index (κ3) is 2.80. The lowest BCUT2D eigenvalue weighted by molar-refractivity contribution is 0.249. The number of hydrogen-bond donors (Lipinski definition) is 1. The van der Waals surface area contributed by atoms with E-state index >= 15 is 0 Å². The summed E-state index contributed by atoms with van der Waals surface area (Å²) in [6, 6.07) is 0. The lowest BCUT2D eigenvalue weighted by Gasteiger charge is -2.21. The summed E-state index contributed by atoms with van der Waals surface area (Å²) in [7, 11) is 0. The third-order valence-corrected chi connectivity index (χ3v) is 2.70. The first-order chi connectivity index (χ1) is 5.36. The van der Waals surface area contributed by atoms with Crippen molar-refractivity contribution in [1.29, 1.82) is 0 Å². The Morgan fingerprint density at radius 1 is 1.36 bits per heavy atom. The number of nitrogens with two attached hydrogens (primary N) is 1. The predicted octanol–water partition coefficient (Wildman–Crippen LogP) is 1.41. The molecule has 0 spiro atoms. The van der Waals surface area contributed by atoms with E-state index in [0.717, 1.165) is 19.1 Å². The van der Waals surface area contributed by atoms with Gasteiger partial charge in [0.2, 0.25) is 0 Å². The van der Waals surface area contributed by atoms with Crippen molar-refractivity contribution in [3.63, 3.8) is 0 Å². The van der Waals surface area contributed by atoms with Crippen molar-refractivity contribution in [2.24, 2.45) is 11.7 Å². The summed E-state index contributed by atoms with van der Waals surface area (Å²) in [6.07, 6.45) is 5.73. The number of hydrogen-bond acceptors (Lipinski definition) is 2. The van der Waals surface area contributed by atoms with Gasteiger partial charge in [-0.05, 0) is 25.3 Å². The molecule has 1 fully saturated rings. The van der Waals surface area contributed by atoms with E-state index in [9.17, 15) is 0 Å². The van der Waals surface area contributed by atoms with E-state index in [1.165, 1.54) is 32.2 Å². The van der Waals surface area contributed by atoms with Crippen LogP contribution in [0.15, 0.2) is 0 Å². The first-order valence-corrected chi connectivity index (χ1v) is 4.79. The molecule has 0 radical (unpaired) electrons. The van der Waals surface area contributed by atoms with E-state index in [0.29, 0.717) is 0 Å². The van der Waals surface area contributed by atoms with Gasteiger partial charge in [0.1, 0.15) is 0 Å². The first kappa shape index (κ1) is 9.01. The van der Waals surface area contributed by atoms with Gasteiger partial charge in [0.05, 0.1) is 0 Å². The first-order valence-electron chi connectivity index (χ1n) is 4.79. The Kier molecular flexibility index (Phi) is 3.87. The van der Waals surface area contributed by atoms with Crippen molar-refractivity contribution in [3.8, 4) is 0 Å². The van der Waals surface area contributed by atoms with Gasteiger partial charge in [-0.15, -0.1) is 0 Å². The minimum absolute atomic E-state index is 0.729. The average Bonchev–Trinajstić information content (AvgIpc) is 2.52. The highest BCUT2D eigenvalue weighted by Gasteiger charge is 2.16. The zero-order chi connectivity index (χ0) is 8.10. The van der Waals surface area contributed by atoms with Gasteiger partial charge in [0.15, 0.2) is 0 Å². The van der Waals surface area contributed by atoms with Crippen LogP contribution >= 0.6 is 0 Å². The van der Waals surface area contributed by atoms with E-state index in [-0.39, 0.29) is 0 Å². The maximum absolute atomic E-state index is 5.59. The van der Waals surface area contributed by atoms with Crippen LogP contribution < -0.4 is 5.73 Å². The molecule has 1 saturated carbocycles. The number of nitrogens with zero attached hydrogens (tertiary/aromatic N) is 1. The second kappa shape index (κ2) is 4.73. The lowest BCUT2D eigenvalue weighted by Crippen LogP contribution is -2.33. The second-order valence-electron chi connectivity index (χ2n) is 3.50. The monoisotopic (exact) mass is 156 g/mol. The van der Waals surface area contributed by atoms with Crippen LogP contribution in [0, 0.1) is 5.92 Å². The van der Waals surface area contributed by atoms with Gasteiger partial charge in [0.25, 0.3) is 0 Å². The van der Waals surface area contributed by atoms with Gasteiger partial charge in [-0.2, -0.15) is 0 Å². The summed E-state index contributed by atoms with van der Waals surface area (Å²) in [5, 5.41) is 0. The zero-order valence-electron chi connectivity index (χ0n) is 7.55. The molecule has 0 amide bonds. The Morgan fingerprint density at radius 3 is 2.45 bits per heavy atom. The van der Waals surface area contributed by atoms with E-state index in [4.69, 9.17) is 5.73 Å². The number of rotatable bonds is 4. The van der Waals surface area contributed by atoms with Gasteiger partial charge >= 0.3 is 0 Å². The molecule has 1 aliphatic carbocycles. The molecular formula is C9H20N2. The fourth-order valence-corrected chi connectivity index (χ4v) is 1.89. The smallest absolute Gasteiger partial charge is 0.0455 e. The van der Waals surface area contributed by atoms with Crippen molar-refractivity contribution >= 4 is 0 Å². The highest BCUT2D eigenvalue weighted by molar-refractivity contribution is 4.70. The summed E-state index contributed by atoms with van der Waals surface area (Å²) in [5.74, 6) is 0.943. The van der Waals surface area contributed by atoms with E-state index in [1.54, 1.807) is 0 Å². The molecule has 0 aromatic heterocycles. The highest BCUT2D eigenvalue weighted by atomic mass is 15.2. The van der Waals surface area contributed by atoms with Crippen LogP contribution in [0.4, 0.5) is 0 Å². The molecule has 0 aliphatic heterocycles. The van der Waals surface area contributed by atoms with E-state index in [1.807, 2.05) is 0 Å². The fourth-order valence-electron chi connectivity index (χ4n) is 1.89. The molecule has 0 bridgehead atoms. The molecule has 11 heavy (non-hydrogen) atoms. The summed E-state index contributed by atoms with van der Waals surface area (Å²) in [4.78, 5) is 2.33. The minimum atomic E-state index is 0.729. The van der Waals surface area contributed by atoms with Crippen molar-refractivity contribution in [3.05, 3.63) is 0 Å². The molecular weight excluding hydrogens is 136 g/mol. The minimum Gasteiger partial charge on any atom is -0.318 e. The Morgan fingerprint density at radius 2 is 2.00 bits per heavy atom. The van der Waals surface area contributed by atoms with Crippen LogP contribution in [0.5, 0.6) is 0 Å². The Labute approximate surface area is 69.8 Å². The van der Waals surface area contributed by atoms with Crippen LogP contribution in [-0.2, 0) is 0 Å². The normalized spacial score (nSPS) is 19.9. The summed E-state index contributed by atoms with van der Waals surface area (Å²) in [5.41, 5.74) is 5.59. The third-order valence-electron chi connectivity index (χ3n) is 2.70. The molecule has 0 atom stereocenters. The Balaban J connectivity index is 2.16. The standard InChI is InChI=1S/C9H20N2/c1-2-11(8-10)7-9-5-3-4-6-9/h9H,2-8,10H2,1H3. The molecule has 2 heteroatoms. The molecule has 66 valence electrons.